The molecule has 164 valence electrons. The molecule has 8 heteroatoms. The molecule has 0 N–H and O–H groups in total. The average molecular weight is 431 g/mol. The summed E-state index contributed by atoms with van der Waals surface area (Å²) >= 11 is 0. The molecule has 0 aliphatic carbocycles. The minimum atomic E-state index is -0.647. The number of hydrogen-bond acceptors (Lipinski definition) is 6. The second-order valence-electron chi connectivity index (χ2n) is 7.62. The monoisotopic (exact) mass is 431 g/mol. The van der Waals surface area contributed by atoms with E-state index >= 15 is 0 Å². The van der Waals surface area contributed by atoms with Gasteiger partial charge in [0.2, 0.25) is 0 Å². The van der Waals surface area contributed by atoms with Crippen LogP contribution in [0.1, 0.15) is 39.3 Å². The van der Waals surface area contributed by atoms with E-state index in [1.54, 1.807) is 16.8 Å². The van der Waals surface area contributed by atoms with Gasteiger partial charge in [0, 0.05) is 24.1 Å². The van der Waals surface area contributed by atoms with Crippen LogP contribution in [-0.4, -0.2) is 39.8 Å². The van der Waals surface area contributed by atoms with Crippen LogP contribution in [0.3, 0.4) is 0 Å². The van der Waals surface area contributed by atoms with E-state index in [4.69, 9.17) is 10.00 Å². The van der Waals surface area contributed by atoms with Crippen LogP contribution in [0, 0.1) is 39.0 Å². The Balaban J connectivity index is 1.68. The minimum absolute atomic E-state index is 0.171. The third kappa shape index (κ3) is 5.38. The van der Waals surface area contributed by atoms with E-state index < -0.39 is 18.5 Å². The fourth-order valence-electron chi connectivity index (χ4n) is 3.45. The standard InChI is InChI=1S/C24H25N5O3/c1-16-10-17(2)12-21(11-16)28(9-5-8-25)23(30)15-32-24(31)20-6-7-22(26-14-20)29-19(4)13-18(3)27-29/h6-7,10-14H,5,9,15H2,1-4H3. The molecule has 0 bridgehead atoms. The number of ether oxygens (including phenoxy) is 1. The van der Waals surface area contributed by atoms with Crippen LogP contribution in [0.15, 0.2) is 42.6 Å². The smallest absolute Gasteiger partial charge is 0.340 e. The van der Waals surface area contributed by atoms with E-state index in [1.807, 2.05) is 58.0 Å². The van der Waals surface area contributed by atoms with Crippen LogP contribution in [0.2, 0.25) is 0 Å². The highest BCUT2D eigenvalue weighted by Crippen LogP contribution is 2.20. The first-order chi connectivity index (χ1) is 15.3. The van der Waals surface area contributed by atoms with Gasteiger partial charge in [-0.2, -0.15) is 10.4 Å². The molecule has 1 aromatic carbocycles. The molecule has 1 amide bonds. The first kappa shape index (κ1) is 22.7. The number of benzene rings is 1. The molecule has 0 radical (unpaired) electrons. The van der Waals surface area contributed by atoms with Gasteiger partial charge >= 0.3 is 5.97 Å². The first-order valence-electron chi connectivity index (χ1n) is 10.2. The molecule has 0 spiro atoms. The average Bonchev–Trinajstić information content (AvgIpc) is 3.09. The van der Waals surface area contributed by atoms with Gasteiger partial charge in [-0.05, 0) is 69.2 Å². The zero-order valence-electron chi connectivity index (χ0n) is 18.6. The number of aromatic nitrogens is 3. The Hall–Kier alpha value is -3.99. The number of pyridine rings is 1. The quantitative estimate of drug-likeness (QED) is 0.530. The maximum absolute atomic E-state index is 12.8. The van der Waals surface area contributed by atoms with Crippen LogP contribution < -0.4 is 4.90 Å². The Morgan fingerprint density at radius 3 is 2.38 bits per heavy atom. The van der Waals surface area contributed by atoms with Crippen molar-refractivity contribution in [3.63, 3.8) is 0 Å². The Morgan fingerprint density at radius 1 is 1.09 bits per heavy atom. The molecule has 2 aromatic heterocycles. The van der Waals surface area contributed by atoms with Crippen LogP contribution in [0.25, 0.3) is 5.82 Å². The maximum Gasteiger partial charge on any atom is 0.340 e. The van der Waals surface area contributed by atoms with Crippen molar-refractivity contribution in [3.8, 4) is 11.9 Å². The lowest BCUT2D eigenvalue weighted by Gasteiger charge is -2.22. The summed E-state index contributed by atoms with van der Waals surface area (Å²) in [6, 6.07) is 13.0. The number of carbonyl (C=O) groups is 2. The Kier molecular flexibility index (Phi) is 7.00. The van der Waals surface area contributed by atoms with Crippen LogP contribution >= 0.6 is 0 Å². The molecule has 32 heavy (non-hydrogen) atoms. The van der Waals surface area contributed by atoms with E-state index in [9.17, 15) is 9.59 Å². The number of amides is 1. The third-order valence-electron chi connectivity index (χ3n) is 4.80. The molecule has 3 rings (SSSR count). The zero-order valence-corrected chi connectivity index (χ0v) is 18.6. The van der Waals surface area contributed by atoms with Gasteiger partial charge in [-0.3, -0.25) is 4.79 Å². The Morgan fingerprint density at radius 2 is 1.81 bits per heavy atom. The zero-order chi connectivity index (χ0) is 23.3. The number of esters is 1. The second kappa shape index (κ2) is 9.88. The van der Waals surface area contributed by atoms with Gasteiger partial charge in [-0.25, -0.2) is 14.5 Å². The number of nitrogens with zero attached hydrogens (tertiary/aromatic N) is 5. The van der Waals surface area contributed by atoms with Gasteiger partial charge < -0.3 is 9.64 Å². The molecule has 0 unspecified atom stereocenters. The summed E-state index contributed by atoms with van der Waals surface area (Å²) in [5.41, 5.74) is 4.71. The lowest BCUT2D eigenvalue weighted by Crippen LogP contribution is -2.35. The van der Waals surface area contributed by atoms with E-state index in [2.05, 4.69) is 10.1 Å². The molecule has 3 aromatic rings. The Bertz CT molecular complexity index is 1160. The lowest BCUT2D eigenvalue weighted by molar-refractivity contribution is -0.121. The van der Waals surface area contributed by atoms with E-state index in [-0.39, 0.29) is 18.5 Å². The fourth-order valence-corrected chi connectivity index (χ4v) is 3.45. The highest BCUT2D eigenvalue weighted by Gasteiger charge is 2.19. The minimum Gasteiger partial charge on any atom is -0.452 e. The largest absolute Gasteiger partial charge is 0.452 e. The number of anilines is 1. The van der Waals surface area contributed by atoms with Crippen molar-refractivity contribution < 1.29 is 14.3 Å². The topological polar surface area (TPSA) is 101 Å². The lowest BCUT2D eigenvalue weighted by atomic mass is 10.1. The van der Waals surface area contributed by atoms with Crippen molar-refractivity contribution in [1.29, 1.82) is 5.26 Å². The van der Waals surface area contributed by atoms with Crippen molar-refractivity contribution in [2.75, 3.05) is 18.1 Å². The van der Waals surface area contributed by atoms with Gasteiger partial charge in [-0.1, -0.05) is 6.07 Å². The van der Waals surface area contributed by atoms with Crippen LogP contribution in [0.5, 0.6) is 0 Å². The summed E-state index contributed by atoms with van der Waals surface area (Å²) in [6.07, 6.45) is 1.57. The van der Waals surface area contributed by atoms with Crippen molar-refractivity contribution in [1.82, 2.24) is 14.8 Å². The molecule has 0 saturated heterocycles. The number of carbonyl (C=O) groups excluding carboxylic acids is 2. The number of rotatable bonds is 7. The summed E-state index contributed by atoms with van der Waals surface area (Å²) in [7, 11) is 0. The molecule has 0 saturated carbocycles. The van der Waals surface area contributed by atoms with Crippen LogP contribution in [-0.2, 0) is 9.53 Å². The molecule has 0 fully saturated rings. The van der Waals surface area contributed by atoms with E-state index in [0.29, 0.717) is 11.5 Å². The van der Waals surface area contributed by atoms with Gasteiger partial charge in [0.05, 0.1) is 23.7 Å². The summed E-state index contributed by atoms with van der Waals surface area (Å²) in [6.45, 7) is 7.47. The summed E-state index contributed by atoms with van der Waals surface area (Å²) in [4.78, 5) is 31.0. The number of nitriles is 1. The predicted molar refractivity (Wildman–Crippen MR) is 120 cm³/mol. The van der Waals surface area contributed by atoms with Crippen LogP contribution in [0.4, 0.5) is 5.69 Å². The van der Waals surface area contributed by atoms with Crippen molar-refractivity contribution in [2.24, 2.45) is 0 Å². The summed E-state index contributed by atoms with van der Waals surface area (Å²) < 4.78 is 6.92. The fraction of sp³-hybridized carbons (Fsp3) is 0.292. The SMILES string of the molecule is Cc1cc(C)cc(N(CCC#N)C(=O)COC(=O)c2ccc(-n3nc(C)cc3C)nc2)c1. The van der Waals surface area contributed by atoms with E-state index in [0.717, 1.165) is 22.5 Å². The second-order valence-corrected chi connectivity index (χ2v) is 7.62. The predicted octanol–water partition coefficient (Wildman–Crippen LogP) is 3.60. The normalized spacial score (nSPS) is 10.5. The molecule has 8 nitrogen and oxygen atoms in total. The molecule has 0 atom stereocenters. The molecular formula is C24H25N5O3. The third-order valence-corrected chi connectivity index (χ3v) is 4.80. The first-order valence-corrected chi connectivity index (χ1v) is 10.2. The molecular weight excluding hydrogens is 406 g/mol. The van der Waals surface area contributed by atoms with E-state index in [1.165, 1.54) is 11.1 Å². The highest BCUT2D eigenvalue weighted by molar-refractivity contribution is 5.97. The number of hydrogen-bond donors (Lipinski definition) is 0. The van der Waals surface area contributed by atoms with Gasteiger partial charge in [0.25, 0.3) is 5.91 Å². The van der Waals surface area contributed by atoms with Crippen molar-refractivity contribution in [3.05, 3.63) is 70.7 Å². The van der Waals surface area contributed by atoms with Crippen molar-refractivity contribution >= 4 is 17.6 Å². The molecule has 2 heterocycles. The summed E-state index contributed by atoms with van der Waals surface area (Å²) in [5, 5.41) is 13.3. The van der Waals surface area contributed by atoms with Gasteiger partial charge in [0.15, 0.2) is 12.4 Å². The van der Waals surface area contributed by atoms with Gasteiger partial charge in [0.1, 0.15) is 0 Å². The number of aryl methyl sites for hydroxylation is 4. The summed E-state index contributed by atoms with van der Waals surface area (Å²) in [5.74, 6) is -0.460. The van der Waals surface area contributed by atoms with Crippen molar-refractivity contribution in [2.45, 2.75) is 34.1 Å². The maximum atomic E-state index is 12.8. The molecule has 0 aliphatic heterocycles. The van der Waals surface area contributed by atoms with Gasteiger partial charge in [-0.15, -0.1) is 0 Å². The highest BCUT2D eigenvalue weighted by atomic mass is 16.5. The Labute approximate surface area is 187 Å². The molecule has 0 aliphatic rings.